The van der Waals surface area contributed by atoms with Crippen molar-refractivity contribution in [3.63, 3.8) is 0 Å². The fourth-order valence-electron chi connectivity index (χ4n) is 3.94. The number of amides is 2. The molecule has 0 aliphatic carbocycles. The Morgan fingerprint density at radius 3 is 2.12 bits per heavy atom. The van der Waals surface area contributed by atoms with E-state index in [1.165, 1.54) is 18.2 Å². The van der Waals surface area contributed by atoms with E-state index < -0.39 is 58.5 Å². The molecule has 0 fully saturated rings. The Hall–Kier alpha value is -4.42. The number of rotatable bonds is 5. The molecule has 2 heterocycles. The van der Waals surface area contributed by atoms with Gasteiger partial charge in [0.2, 0.25) is 0 Å². The second-order valence-electron chi connectivity index (χ2n) is 9.93. The van der Waals surface area contributed by atoms with E-state index >= 15 is 0 Å². The minimum atomic E-state index is -4.78. The summed E-state index contributed by atoms with van der Waals surface area (Å²) in [6.45, 7) is 4.98. The molecule has 4 rings (SSSR count). The quantitative estimate of drug-likeness (QED) is 0.220. The summed E-state index contributed by atoms with van der Waals surface area (Å²) in [5.74, 6) is -1.44. The van der Waals surface area contributed by atoms with Crippen molar-refractivity contribution in [1.82, 2.24) is 20.3 Å². The third-order valence-electron chi connectivity index (χ3n) is 5.89. The van der Waals surface area contributed by atoms with Gasteiger partial charge >= 0.3 is 12.4 Å². The van der Waals surface area contributed by atoms with Gasteiger partial charge in [-0.3, -0.25) is 14.6 Å². The number of aromatic amines is 1. The molecule has 4 aromatic rings. The maximum Gasteiger partial charge on any atom is 0.418 e. The Morgan fingerprint density at radius 1 is 0.854 bits per heavy atom. The molecule has 0 aliphatic rings. The van der Waals surface area contributed by atoms with Crippen molar-refractivity contribution in [2.45, 2.75) is 52.5 Å². The number of hydrogen-bond acceptors (Lipinski definition) is 4. The molecule has 7 nitrogen and oxygen atoms in total. The maximum absolute atomic E-state index is 13.4. The van der Waals surface area contributed by atoms with Gasteiger partial charge in [-0.2, -0.15) is 26.3 Å². The van der Waals surface area contributed by atoms with Crippen molar-refractivity contribution in [2.75, 3.05) is 5.32 Å². The normalized spacial score (nSPS) is 12.1. The molecule has 2 aromatic carbocycles. The van der Waals surface area contributed by atoms with Crippen LogP contribution in [-0.2, 0) is 24.3 Å². The number of nitrogens with one attached hydrogen (secondary N) is 3. The van der Waals surface area contributed by atoms with E-state index in [9.17, 15) is 35.9 Å². The number of benzene rings is 2. The number of H-pyrrole nitrogens is 1. The number of carbonyl (C=O) groups excluding carboxylic acids is 2. The van der Waals surface area contributed by atoms with Crippen molar-refractivity contribution in [2.24, 2.45) is 0 Å². The lowest BCUT2D eigenvalue weighted by Crippen LogP contribution is -2.26. The molecule has 0 spiro atoms. The van der Waals surface area contributed by atoms with Gasteiger partial charge in [-0.15, -0.1) is 0 Å². The minimum absolute atomic E-state index is 0. The third-order valence-corrected chi connectivity index (χ3v) is 5.89. The van der Waals surface area contributed by atoms with E-state index in [-0.39, 0.29) is 29.7 Å². The van der Waals surface area contributed by atoms with Gasteiger partial charge in [-0.1, -0.05) is 40.3 Å². The smallest absolute Gasteiger partial charge is 0.346 e. The van der Waals surface area contributed by atoms with Crippen LogP contribution in [0, 0.1) is 0 Å². The largest absolute Gasteiger partial charge is 0.418 e. The van der Waals surface area contributed by atoms with Crippen LogP contribution in [0.15, 0.2) is 54.7 Å². The Bertz CT molecular complexity index is 1590. The fraction of sp³-hybridized carbons (Fsp3) is 0.286. The lowest BCUT2D eigenvalue weighted by molar-refractivity contribution is -0.139. The van der Waals surface area contributed by atoms with Crippen molar-refractivity contribution in [1.29, 1.82) is 0 Å². The summed E-state index contributed by atoms with van der Waals surface area (Å²) < 4.78 is 80.4. The molecule has 0 bridgehead atoms. The highest BCUT2D eigenvalue weighted by molar-refractivity contribution is 6.10. The third kappa shape index (κ3) is 6.84. The van der Waals surface area contributed by atoms with Crippen LogP contribution in [-0.4, -0.2) is 26.8 Å². The summed E-state index contributed by atoms with van der Waals surface area (Å²) >= 11 is 0. The molecule has 0 unspecified atom stereocenters. The summed E-state index contributed by atoms with van der Waals surface area (Å²) in [5, 5.41) is 4.77. The second-order valence-corrected chi connectivity index (χ2v) is 9.93. The number of halogens is 6. The molecule has 3 N–H and O–H groups in total. The zero-order valence-electron chi connectivity index (χ0n) is 21.4. The first-order valence-corrected chi connectivity index (χ1v) is 11.9. The lowest BCUT2D eigenvalue weighted by atomic mass is 9.96. The Balaban J connectivity index is 0.00000462. The van der Waals surface area contributed by atoms with Gasteiger partial charge in [0.25, 0.3) is 11.8 Å². The van der Waals surface area contributed by atoms with Crippen LogP contribution in [0.5, 0.6) is 0 Å². The van der Waals surface area contributed by atoms with E-state index in [0.29, 0.717) is 5.82 Å². The van der Waals surface area contributed by atoms with Crippen LogP contribution >= 0.6 is 0 Å². The van der Waals surface area contributed by atoms with Crippen molar-refractivity contribution < 1.29 is 35.9 Å². The van der Waals surface area contributed by atoms with Crippen LogP contribution in [0.2, 0.25) is 0 Å². The number of fused-ring (bicyclic) bond motifs is 1. The number of aromatic nitrogens is 3. The molecule has 41 heavy (non-hydrogen) atoms. The highest BCUT2D eigenvalue weighted by atomic mass is 19.4. The zero-order valence-corrected chi connectivity index (χ0v) is 21.4. The molecule has 218 valence electrons. The number of nitrogens with zero attached hydrogens (tertiary/aromatic N) is 2. The molecule has 13 heteroatoms. The second kappa shape index (κ2) is 11.2. The average Bonchev–Trinajstić information content (AvgIpc) is 3.31. The molecule has 2 amide bonds. The van der Waals surface area contributed by atoms with Gasteiger partial charge in [0.05, 0.1) is 40.0 Å². The van der Waals surface area contributed by atoms with Gasteiger partial charge < -0.3 is 15.6 Å². The maximum atomic E-state index is 13.4. The van der Waals surface area contributed by atoms with E-state index in [4.69, 9.17) is 0 Å². The molecule has 0 radical (unpaired) electrons. The SMILES string of the molecule is C.CC(C)(C)c1nc2c(C(=O)NCc3ncccc3C(F)(F)F)cc(NC(=O)c3ccccc3C(F)(F)F)cc2[nH]1. The predicted molar refractivity (Wildman–Crippen MR) is 141 cm³/mol. The first-order chi connectivity index (χ1) is 18.6. The van der Waals surface area contributed by atoms with Gasteiger partial charge in [0.1, 0.15) is 11.3 Å². The zero-order chi connectivity index (χ0) is 29.5. The van der Waals surface area contributed by atoms with Gasteiger partial charge in [-0.25, -0.2) is 4.98 Å². The monoisotopic (exact) mass is 579 g/mol. The molecule has 2 aromatic heterocycles. The Morgan fingerprint density at radius 2 is 1.49 bits per heavy atom. The van der Waals surface area contributed by atoms with E-state index in [2.05, 4.69) is 25.6 Å². The van der Waals surface area contributed by atoms with E-state index in [1.54, 1.807) is 0 Å². The van der Waals surface area contributed by atoms with E-state index in [1.807, 2.05) is 20.8 Å². The van der Waals surface area contributed by atoms with Crippen molar-refractivity contribution >= 4 is 28.5 Å². The molecule has 0 atom stereocenters. The number of hydrogen-bond donors (Lipinski definition) is 3. The van der Waals surface area contributed by atoms with Crippen LogP contribution in [0.25, 0.3) is 11.0 Å². The fourth-order valence-corrected chi connectivity index (χ4v) is 3.94. The first-order valence-electron chi connectivity index (χ1n) is 11.9. The van der Waals surface area contributed by atoms with Crippen LogP contribution in [0.3, 0.4) is 0 Å². The van der Waals surface area contributed by atoms with Gasteiger partial charge in [-0.05, 0) is 36.4 Å². The minimum Gasteiger partial charge on any atom is -0.346 e. The number of pyridine rings is 1. The van der Waals surface area contributed by atoms with E-state index in [0.717, 1.165) is 36.5 Å². The van der Waals surface area contributed by atoms with Gasteiger partial charge in [0, 0.05) is 17.3 Å². The first kappa shape index (κ1) is 31.1. The average molecular weight is 580 g/mol. The molecule has 0 saturated heterocycles. The molecule has 0 saturated carbocycles. The highest BCUT2D eigenvalue weighted by Gasteiger charge is 2.35. The van der Waals surface area contributed by atoms with Gasteiger partial charge in [0.15, 0.2) is 0 Å². The van der Waals surface area contributed by atoms with Crippen LogP contribution in [0.1, 0.15) is 71.6 Å². The Labute approximate surface area is 231 Å². The summed E-state index contributed by atoms with van der Waals surface area (Å²) in [6, 6.07) is 8.79. The lowest BCUT2D eigenvalue weighted by Gasteiger charge is -2.14. The summed E-state index contributed by atoms with van der Waals surface area (Å²) in [7, 11) is 0. The topological polar surface area (TPSA) is 99.8 Å². The standard InChI is InChI=1S/C27H23F6N5O2.CH4/c1-25(2,3)24-37-19-12-14(36-23(40)15-7-4-5-8-17(15)26(28,29)30)11-16(21(19)38-24)22(39)35-13-20-18(27(31,32)33)9-6-10-34-20;/h4-12H,13H2,1-3H3,(H,35,39)(H,36,40)(H,37,38);1H4. The number of imidazole rings is 1. The summed E-state index contributed by atoms with van der Waals surface area (Å²) in [4.78, 5) is 37.3. The van der Waals surface area contributed by atoms with Crippen molar-refractivity contribution in [3.8, 4) is 0 Å². The number of carbonyl (C=O) groups is 2. The molecular weight excluding hydrogens is 552 g/mol. The summed E-state index contributed by atoms with van der Waals surface area (Å²) in [5.41, 5.74) is -3.40. The van der Waals surface area contributed by atoms with Crippen LogP contribution < -0.4 is 10.6 Å². The predicted octanol–water partition coefficient (Wildman–Crippen LogP) is 7.11. The summed E-state index contributed by atoms with van der Waals surface area (Å²) in [6.07, 6.45) is -8.32. The number of anilines is 1. The highest BCUT2D eigenvalue weighted by Crippen LogP contribution is 2.33. The van der Waals surface area contributed by atoms with Crippen molar-refractivity contribution in [3.05, 3.63) is 88.5 Å². The Kier molecular flexibility index (Phi) is 8.51. The number of alkyl halides is 6. The van der Waals surface area contributed by atoms with Crippen LogP contribution in [0.4, 0.5) is 32.0 Å². The molecular formula is C28H27F6N5O2. The molecule has 0 aliphatic heterocycles.